The predicted octanol–water partition coefficient (Wildman–Crippen LogP) is 1.85. The van der Waals surface area contributed by atoms with E-state index in [-0.39, 0.29) is 12.2 Å². The third-order valence-electron chi connectivity index (χ3n) is 6.06. The van der Waals surface area contributed by atoms with Gasteiger partial charge in [0, 0.05) is 11.2 Å². The molecule has 5 atom stereocenters. The summed E-state index contributed by atoms with van der Waals surface area (Å²) < 4.78 is 12.8. The van der Waals surface area contributed by atoms with Gasteiger partial charge in [-0.15, -0.1) is 0 Å². The number of amides is 1. The lowest BCUT2D eigenvalue weighted by atomic mass is 9.90. The molecule has 186 valence electrons. The van der Waals surface area contributed by atoms with E-state index in [2.05, 4.69) is 5.10 Å². The van der Waals surface area contributed by atoms with Crippen LogP contribution in [0.4, 0.5) is 0 Å². The summed E-state index contributed by atoms with van der Waals surface area (Å²) in [5.74, 6) is 0.103. The summed E-state index contributed by atoms with van der Waals surface area (Å²) in [7, 11) is 0. The first-order valence-corrected chi connectivity index (χ1v) is 11.7. The Morgan fingerprint density at radius 2 is 1.86 bits per heavy atom. The van der Waals surface area contributed by atoms with Crippen molar-refractivity contribution >= 4 is 17.5 Å². The van der Waals surface area contributed by atoms with Gasteiger partial charge in [-0.05, 0) is 54.3 Å². The zero-order valence-corrected chi connectivity index (χ0v) is 19.9. The van der Waals surface area contributed by atoms with E-state index in [4.69, 9.17) is 26.8 Å². The van der Waals surface area contributed by atoms with E-state index in [1.54, 1.807) is 12.1 Å². The average Bonchev–Trinajstić information content (AvgIpc) is 3.31. The first kappa shape index (κ1) is 25.2. The number of carbonyl (C=O) groups excluding carboxylic acids is 1. The summed E-state index contributed by atoms with van der Waals surface area (Å²) in [6.07, 6.45) is -4.22. The van der Waals surface area contributed by atoms with Gasteiger partial charge in [-0.25, -0.2) is 0 Å². The van der Waals surface area contributed by atoms with E-state index in [0.717, 1.165) is 16.9 Å². The van der Waals surface area contributed by atoms with Crippen molar-refractivity contribution in [3.8, 4) is 5.75 Å². The Kier molecular flexibility index (Phi) is 7.73. The van der Waals surface area contributed by atoms with Crippen molar-refractivity contribution < 1.29 is 29.6 Å². The number of primary amides is 1. The number of carbonyl (C=O) groups is 1. The van der Waals surface area contributed by atoms with Crippen LogP contribution >= 0.6 is 11.6 Å². The van der Waals surface area contributed by atoms with Crippen LogP contribution in [0.5, 0.6) is 5.75 Å². The highest BCUT2D eigenvalue weighted by Crippen LogP contribution is 2.35. The molecule has 10 heteroatoms. The van der Waals surface area contributed by atoms with Crippen LogP contribution in [0.25, 0.3) is 0 Å². The minimum absolute atomic E-state index is 0.0423. The highest BCUT2D eigenvalue weighted by molar-refractivity contribution is 6.31. The Balaban J connectivity index is 1.56. The number of halogens is 1. The molecule has 0 aliphatic carbocycles. The number of ether oxygens (including phenoxy) is 2. The second kappa shape index (κ2) is 10.8. The van der Waals surface area contributed by atoms with Crippen LogP contribution in [-0.4, -0.2) is 62.0 Å². The summed E-state index contributed by atoms with van der Waals surface area (Å²) in [5.41, 5.74) is 7.93. The van der Waals surface area contributed by atoms with Crippen LogP contribution < -0.4 is 10.5 Å². The fraction of sp³-hybridized carbons (Fsp3) is 0.360. The average molecular weight is 502 g/mol. The van der Waals surface area contributed by atoms with Crippen molar-refractivity contribution in [2.45, 2.75) is 50.4 Å². The Morgan fingerprint density at radius 1 is 1.11 bits per heavy atom. The van der Waals surface area contributed by atoms with Crippen LogP contribution in [0.1, 0.15) is 40.2 Å². The third kappa shape index (κ3) is 5.50. The number of rotatable bonds is 8. The van der Waals surface area contributed by atoms with Gasteiger partial charge in [-0.1, -0.05) is 35.9 Å². The number of aliphatic hydroxyl groups excluding tert-OH is 3. The maximum Gasteiger partial charge on any atom is 0.266 e. The van der Waals surface area contributed by atoms with Gasteiger partial charge in [0.15, 0.2) is 0 Å². The maximum absolute atomic E-state index is 11.6. The number of hydrogen-bond acceptors (Lipinski definition) is 7. The molecule has 1 fully saturated rings. The Hall–Kier alpha value is -2.95. The van der Waals surface area contributed by atoms with Crippen LogP contribution in [0.15, 0.2) is 54.7 Å². The van der Waals surface area contributed by atoms with Crippen LogP contribution in [0, 0.1) is 0 Å². The fourth-order valence-corrected chi connectivity index (χ4v) is 4.42. The zero-order chi connectivity index (χ0) is 25.1. The molecule has 9 nitrogen and oxygen atoms in total. The molecule has 35 heavy (non-hydrogen) atoms. The minimum Gasteiger partial charge on any atom is -0.494 e. The van der Waals surface area contributed by atoms with Crippen molar-refractivity contribution in [3.63, 3.8) is 0 Å². The normalized spacial score (nSPS) is 24.3. The van der Waals surface area contributed by atoms with Gasteiger partial charge in [0.25, 0.3) is 5.91 Å². The molecule has 2 heterocycles. The lowest BCUT2D eigenvalue weighted by molar-refractivity contribution is -0.228. The molecular formula is C25H28ClN3O6. The van der Waals surface area contributed by atoms with Crippen molar-refractivity contribution in [1.29, 1.82) is 0 Å². The van der Waals surface area contributed by atoms with E-state index in [1.165, 1.54) is 16.9 Å². The smallest absolute Gasteiger partial charge is 0.266 e. The third-order valence-corrected chi connectivity index (χ3v) is 6.43. The SMILES string of the molecule is CCOc1ccc(Cc2cc([C@@H]3O[C@H](Cn4nccc4C(N)=O)[C@@H](O)[C@H](O)[C@H]3O)ccc2Cl)cc1. The highest BCUT2D eigenvalue weighted by Gasteiger charge is 2.44. The van der Waals surface area contributed by atoms with Gasteiger partial charge in [0.05, 0.1) is 13.2 Å². The number of aliphatic hydroxyl groups is 3. The summed E-state index contributed by atoms with van der Waals surface area (Å²) >= 11 is 6.45. The summed E-state index contributed by atoms with van der Waals surface area (Å²) in [4.78, 5) is 11.6. The van der Waals surface area contributed by atoms with E-state index < -0.39 is 36.4 Å². The largest absolute Gasteiger partial charge is 0.494 e. The molecular weight excluding hydrogens is 474 g/mol. The standard InChI is InChI=1S/C25H28ClN3O6/c1-2-34-17-6-3-14(4-7-17)11-16-12-15(5-8-18(16)26)24-23(32)22(31)21(30)20(35-24)13-29-19(25(27)33)9-10-28-29/h3-10,12,20-24,30-32H,2,11,13H2,1H3,(H2,27,33)/t20-,21-,22+,23-,24+/m1/s1. The van der Waals surface area contributed by atoms with Crippen LogP contribution in [0.3, 0.4) is 0 Å². The topological polar surface area (TPSA) is 140 Å². The summed E-state index contributed by atoms with van der Waals surface area (Å²) in [6, 6.07) is 14.4. The van der Waals surface area contributed by atoms with Crippen molar-refractivity contribution in [3.05, 3.63) is 82.1 Å². The molecule has 1 aliphatic rings. The molecule has 5 N–H and O–H groups in total. The summed E-state index contributed by atoms with van der Waals surface area (Å²) in [5, 5.41) is 36.4. The number of hydrogen-bond donors (Lipinski definition) is 4. The molecule has 1 aliphatic heterocycles. The molecule has 0 spiro atoms. The zero-order valence-electron chi connectivity index (χ0n) is 19.1. The quantitative estimate of drug-likeness (QED) is 0.369. The lowest BCUT2D eigenvalue weighted by Gasteiger charge is -2.41. The van der Waals surface area contributed by atoms with Crippen LogP contribution in [0.2, 0.25) is 5.02 Å². The van der Waals surface area contributed by atoms with Crippen molar-refractivity contribution in [2.75, 3.05) is 6.61 Å². The molecule has 0 bridgehead atoms. The first-order chi connectivity index (χ1) is 16.8. The number of benzene rings is 2. The maximum atomic E-state index is 11.6. The van der Waals surface area contributed by atoms with E-state index >= 15 is 0 Å². The molecule has 0 radical (unpaired) electrons. The number of nitrogens with zero attached hydrogens (tertiary/aromatic N) is 2. The minimum atomic E-state index is -1.48. The van der Waals surface area contributed by atoms with Gasteiger partial charge in [0.2, 0.25) is 0 Å². The van der Waals surface area contributed by atoms with E-state index in [9.17, 15) is 20.1 Å². The number of aromatic nitrogens is 2. The molecule has 1 saturated heterocycles. The molecule has 2 aromatic carbocycles. The summed E-state index contributed by atoms with van der Waals surface area (Å²) in [6.45, 7) is 2.47. The Bertz CT molecular complexity index is 1170. The number of nitrogens with two attached hydrogens (primary N) is 1. The second-order valence-corrected chi connectivity index (χ2v) is 8.84. The van der Waals surface area contributed by atoms with E-state index in [1.807, 2.05) is 37.3 Å². The Morgan fingerprint density at radius 3 is 2.54 bits per heavy atom. The predicted molar refractivity (Wildman–Crippen MR) is 128 cm³/mol. The molecule has 1 aromatic heterocycles. The fourth-order valence-electron chi connectivity index (χ4n) is 4.23. The van der Waals surface area contributed by atoms with Crippen molar-refractivity contribution in [2.24, 2.45) is 5.73 Å². The lowest BCUT2D eigenvalue weighted by Crippen LogP contribution is -2.55. The molecule has 0 unspecified atom stereocenters. The first-order valence-electron chi connectivity index (χ1n) is 11.3. The van der Waals surface area contributed by atoms with Gasteiger partial charge in [0.1, 0.15) is 42.0 Å². The highest BCUT2D eigenvalue weighted by atomic mass is 35.5. The van der Waals surface area contributed by atoms with Gasteiger partial charge >= 0.3 is 0 Å². The molecule has 1 amide bonds. The second-order valence-electron chi connectivity index (χ2n) is 8.43. The monoisotopic (exact) mass is 501 g/mol. The van der Waals surface area contributed by atoms with Gasteiger partial charge in [-0.3, -0.25) is 9.48 Å². The molecule has 0 saturated carbocycles. The molecule has 3 aromatic rings. The van der Waals surface area contributed by atoms with Gasteiger partial charge in [-0.2, -0.15) is 5.10 Å². The van der Waals surface area contributed by atoms with Gasteiger partial charge < -0.3 is 30.5 Å². The van der Waals surface area contributed by atoms with Crippen molar-refractivity contribution in [1.82, 2.24) is 9.78 Å². The Labute approximate surface area is 207 Å². The van der Waals surface area contributed by atoms with E-state index in [0.29, 0.717) is 23.6 Å². The molecule has 4 rings (SSSR count). The van der Waals surface area contributed by atoms with Crippen LogP contribution in [-0.2, 0) is 17.7 Å².